The van der Waals surface area contributed by atoms with Gasteiger partial charge in [0, 0.05) is 6.07 Å². The maximum absolute atomic E-state index is 12.6. The molecule has 6 heteroatoms. The van der Waals surface area contributed by atoms with Crippen molar-refractivity contribution in [2.24, 2.45) is 5.14 Å². The van der Waals surface area contributed by atoms with Crippen LogP contribution in [0.2, 0.25) is 0 Å². The number of halogens is 1. The molecule has 0 spiro atoms. The van der Waals surface area contributed by atoms with Crippen molar-refractivity contribution in [1.29, 1.82) is 0 Å². The third-order valence-corrected chi connectivity index (χ3v) is 2.17. The Hall–Kier alpha value is -1.14. The number of rotatable bonds is 4. The van der Waals surface area contributed by atoms with Crippen LogP contribution in [0.3, 0.4) is 0 Å². The summed E-state index contributed by atoms with van der Waals surface area (Å²) in [5, 5.41) is 4.75. The molecule has 0 saturated heterocycles. The molecule has 2 N–H and O–H groups in total. The normalized spacial score (nSPS) is 11.3. The van der Waals surface area contributed by atoms with Crippen LogP contribution in [0.15, 0.2) is 24.3 Å². The Morgan fingerprint density at radius 1 is 1.43 bits per heavy atom. The molecular formula is C8H10FNO3S. The van der Waals surface area contributed by atoms with Gasteiger partial charge in [-0.25, -0.2) is 17.9 Å². The lowest BCUT2D eigenvalue weighted by molar-refractivity contribution is 0.339. The standard InChI is InChI=1S/C8H10FNO3S/c9-7-2-1-3-8(6-7)13-4-5-14(10,11)12/h1-3,6H,4-5H2,(H2,10,11,12). The van der Waals surface area contributed by atoms with E-state index in [2.05, 4.69) is 0 Å². The van der Waals surface area contributed by atoms with Crippen molar-refractivity contribution < 1.29 is 17.5 Å². The third kappa shape index (κ3) is 4.20. The summed E-state index contributed by atoms with van der Waals surface area (Å²) in [6.45, 7) is -0.0811. The number of ether oxygens (including phenoxy) is 1. The summed E-state index contributed by atoms with van der Waals surface area (Å²) in [5.41, 5.74) is 0. The quantitative estimate of drug-likeness (QED) is 0.801. The van der Waals surface area contributed by atoms with Gasteiger partial charge in [0.2, 0.25) is 10.0 Å². The maximum atomic E-state index is 12.6. The van der Waals surface area contributed by atoms with Gasteiger partial charge >= 0.3 is 0 Å². The Bertz CT molecular complexity index is 405. The second-order valence-electron chi connectivity index (χ2n) is 2.67. The van der Waals surface area contributed by atoms with Crippen molar-refractivity contribution in [2.75, 3.05) is 12.4 Å². The number of hydrogen-bond acceptors (Lipinski definition) is 3. The highest BCUT2D eigenvalue weighted by molar-refractivity contribution is 7.89. The molecule has 0 atom stereocenters. The lowest BCUT2D eigenvalue weighted by Gasteiger charge is -2.04. The van der Waals surface area contributed by atoms with Gasteiger partial charge in [0.05, 0.1) is 5.75 Å². The lowest BCUT2D eigenvalue weighted by Crippen LogP contribution is -2.21. The highest BCUT2D eigenvalue weighted by Crippen LogP contribution is 2.11. The predicted molar refractivity (Wildman–Crippen MR) is 49.9 cm³/mol. The van der Waals surface area contributed by atoms with Gasteiger partial charge in [0.25, 0.3) is 0 Å². The van der Waals surface area contributed by atoms with E-state index in [1.165, 1.54) is 24.3 Å². The van der Waals surface area contributed by atoms with Crippen LogP contribution in [-0.2, 0) is 10.0 Å². The first-order valence-corrected chi connectivity index (χ1v) is 5.58. The highest BCUT2D eigenvalue weighted by atomic mass is 32.2. The Morgan fingerprint density at radius 3 is 2.71 bits per heavy atom. The number of nitrogens with two attached hydrogens (primary N) is 1. The molecule has 0 bridgehead atoms. The van der Waals surface area contributed by atoms with Gasteiger partial charge in [-0.2, -0.15) is 0 Å². The lowest BCUT2D eigenvalue weighted by atomic mass is 10.3. The Kier molecular flexibility index (Phi) is 3.43. The largest absolute Gasteiger partial charge is 0.492 e. The third-order valence-electron chi connectivity index (χ3n) is 1.43. The molecule has 0 saturated carbocycles. The number of sulfonamides is 1. The Morgan fingerprint density at radius 2 is 2.14 bits per heavy atom. The van der Waals surface area contributed by atoms with Gasteiger partial charge in [-0.1, -0.05) is 6.07 Å². The second-order valence-corrected chi connectivity index (χ2v) is 4.41. The number of primary sulfonamides is 1. The Balaban J connectivity index is 2.47. The van der Waals surface area contributed by atoms with Crippen LogP contribution in [0.4, 0.5) is 4.39 Å². The summed E-state index contributed by atoms with van der Waals surface area (Å²) >= 11 is 0. The van der Waals surface area contributed by atoms with Gasteiger partial charge in [-0.15, -0.1) is 0 Å². The van der Waals surface area contributed by atoms with Crippen molar-refractivity contribution in [2.45, 2.75) is 0 Å². The summed E-state index contributed by atoms with van der Waals surface area (Å²) in [6.07, 6.45) is 0. The van der Waals surface area contributed by atoms with Crippen molar-refractivity contribution in [1.82, 2.24) is 0 Å². The van der Waals surface area contributed by atoms with Crippen LogP contribution in [0, 0.1) is 5.82 Å². The fraction of sp³-hybridized carbons (Fsp3) is 0.250. The summed E-state index contributed by atoms with van der Waals surface area (Å²) in [7, 11) is -3.52. The summed E-state index contributed by atoms with van der Waals surface area (Å²) in [4.78, 5) is 0. The fourth-order valence-electron chi connectivity index (χ4n) is 0.832. The van der Waals surface area contributed by atoms with Gasteiger partial charge < -0.3 is 4.74 Å². The van der Waals surface area contributed by atoms with Crippen molar-refractivity contribution >= 4 is 10.0 Å². The summed E-state index contributed by atoms with van der Waals surface area (Å²) < 4.78 is 38.6. The molecule has 0 amide bonds. The molecule has 0 radical (unpaired) electrons. The molecule has 14 heavy (non-hydrogen) atoms. The van der Waals surface area contributed by atoms with Crippen LogP contribution in [0.1, 0.15) is 0 Å². The molecule has 0 aliphatic heterocycles. The van der Waals surface area contributed by atoms with Crippen molar-refractivity contribution in [3.05, 3.63) is 30.1 Å². The molecule has 4 nitrogen and oxygen atoms in total. The maximum Gasteiger partial charge on any atom is 0.212 e. The van der Waals surface area contributed by atoms with Crippen LogP contribution in [0.5, 0.6) is 5.75 Å². The monoisotopic (exact) mass is 219 g/mol. The molecule has 78 valence electrons. The molecular weight excluding hydrogens is 209 g/mol. The van der Waals surface area contributed by atoms with Crippen molar-refractivity contribution in [3.63, 3.8) is 0 Å². The van der Waals surface area contributed by atoms with E-state index in [9.17, 15) is 12.8 Å². The molecule has 0 heterocycles. The zero-order valence-corrected chi connectivity index (χ0v) is 8.13. The summed E-state index contributed by atoms with van der Waals surface area (Å²) in [5.74, 6) is -0.435. The van der Waals surface area contributed by atoms with Crippen LogP contribution in [-0.4, -0.2) is 20.8 Å². The molecule has 1 rings (SSSR count). The van der Waals surface area contributed by atoms with Gasteiger partial charge in [-0.05, 0) is 12.1 Å². The van der Waals surface area contributed by atoms with E-state index in [0.717, 1.165) is 0 Å². The van der Waals surface area contributed by atoms with Crippen LogP contribution in [0.25, 0.3) is 0 Å². The molecule has 1 aromatic rings. The molecule has 0 aliphatic rings. The van der Waals surface area contributed by atoms with Gasteiger partial charge in [0.1, 0.15) is 18.2 Å². The second kappa shape index (κ2) is 4.39. The molecule has 0 aromatic heterocycles. The minimum atomic E-state index is -3.52. The van der Waals surface area contributed by atoms with Crippen LogP contribution >= 0.6 is 0 Å². The highest BCUT2D eigenvalue weighted by Gasteiger charge is 2.03. The average molecular weight is 219 g/mol. The molecule has 0 unspecified atom stereocenters. The molecule has 0 fully saturated rings. The minimum Gasteiger partial charge on any atom is -0.492 e. The molecule has 0 aliphatic carbocycles. The first kappa shape index (κ1) is 10.9. The van der Waals surface area contributed by atoms with Crippen LogP contribution < -0.4 is 9.88 Å². The molecule has 1 aromatic carbocycles. The first-order chi connectivity index (χ1) is 6.47. The predicted octanol–water partition coefficient (Wildman–Crippen LogP) is 0.493. The smallest absolute Gasteiger partial charge is 0.212 e. The SMILES string of the molecule is NS(=O)(=O)CCOc1cccc(F)c1. The Labute approximate surface area is 81.5 Å². The van der Waals surface area contributed by atoms with Gasteiger partial charge in [-0.3, -0.25) is 0 Å². The number of hydrogen-bond donors (Lipinski definition) is 1. The average Bonchev–Trinajstić information content (AvgIpc) is 2.01. The zero-order valence-electron chi connectivity index (χ0n) is 7.31. The van der Waals surface area contributed by atoms with E-state index in [1.807, 2.05) is 0 Å². The van der Waals surface area contributed by atoms with E-state index in [1.54, 1.807) is 0 Å². The van der Waals surface area contributed by atoms with E-state index in [0.29, 0.717) is 0 Å². The van der Waals surface area contributed by atoms with Crippen molar-refractivity contribution in [3.8, 4) is 5.75 Å². The summed E-state index contributed by atoms with van der Waals surface area (Å²) in [6, 6.07) is 5.45. The van der Waals surface area contributed by atoms with E-state index >= 15 is 0 Å². The van der Waals surface area contributed by atoms with E-state index in [4.69, 9.17) is 9.88 Å². The number of benzene rings is 1. The first-order valence-electron chi connectivity index (χ1n) is 3.86. The minimum absolute atomic E-state index is 0.0811. The topological polar surface area (TPSA) is 69.4 Å². The van der Waals surface area contributed by atoms with E-state index < -0.39 is 15.8 Å². The van der Waals surface area contributed by atoms with Gasteiger partial charge in [0.15, 0.2) is 0 Å². The van der Waals surface area contributed by atoms with E-state index in [-0.39, 0.29) is 18.1 Å². The fourth-order valence-corrected chi connectivity index (χ4v) is 1.15. The zero-order chi connectivity index (χ0) is 10.6.